The molecule has 16 heteroatoms. The van der Waals surface area contributed by atoms with Gasteiger partial charge in [0.2, 0.25) is 5.95 Å². The molecule has 0 unspecified atom stereocenters. The third kappa shape index (κ3) is 10.1. The molecule has 2 aromatic heterocycles. The summed E-state index contributed by atoms with van der Waals surface area (Å²) in [5.41, 5.74) is 5.00. The smallest absolute Gasteiger partial charge is 0.257 e. The average molecular weight is 678 g/mol. The van der Waals surface area contributed by atoms with Gasteiger partial charge in [-0.15, -0.1) is 5.10 Å². The van der Waals surface area contributed by atoms with Crippen molar-refractivity contribution in [2.75, 3.05) is 71.7 Å². The van der Waals surface area contributed by atoms with Crippen molar-refractivity contribution in [3.8, 4) is 28.8 Å². The van der Waals surface area contributed by atoms with E-state index in [1.54, 1.807) is 31.6 Å². The Kier molecular flexibility index (Phi) is 13.5. The summed E-state index contributed by atoms with van der Waals surface area (Å²) in [5.74, 6) is 6.70. The van der Waals surface area contributed by atoms with Gasteiger partial charge in [0, 0.05) is 44.2 Å². The van der Waals surface area contributed by atoms with Crippen molar-refractivity contribution in [1.82, 2.24) is 35.2 Å². The first-order valence-corrected chi connectivity index (χ1v) is 16.7. The fourth-order valence-corrected chi connectivity index (χ4v) is 6.05. The van der Waals surface area contributed by atoms with E-state index in [1.165, 1.54) is 5.01 Å². The molecule has 0 bridgehead atoms. The van der Waals surface area contributed by atoms with E-state index in [-0.39, 0.29) is 12.1 Å². The second-order valence-corrected chi connectivity index (χ2v) is 12.0. The van der Waals surface area contributed by atoms with Gasteiger partial charge in [-0.05, 0) is 50.3 Å². The first kappa shape index (κ1) is 35.9. The summed E-state index contributed by atoms with van der Waals surface area (Å²) in [6.07, 6.45) is 10.4. The monoisotopic (exact) mass is 677 g/mol. The summed E-state index contributed by atoms with van der Waals surface area (Å²) in [6.45, 7) is 7.53. The van der Waals surface area contributed by atoms with Gasteiger partial charge in [-0.3, -0.25) is 25.8 Å². The van der Waals surface area contributed by atoms with Gasteiger partial charge in [0.15, 0.2) is 0 Å². The molecule has 0 spiro atoms. The number of hydrogen-bond acceptors (Lipinski definition) is 14. The Morgan fingerprint density at radius 3 is 2.53 bits per heavy atom. The van der Waals surface area contributed by atoms with Gasteiger partial charge < -0.3 is 29.0 Å². The number of nitrogens with zero attached hydrogens (tertiary/aromatic N) is 7. The molecular weight excluding hydrogens is 630 g/mol. The molecule has 3 heterocycles. The summed E-state index contributed by atoms with van der Waals surface area (Å²) >= 11 is 0. The lowest BCUT2D eigenvalue weighted by Gasteiger charge is -2.38. The van der Waals surface area contributed by atoms with Crippen LogP contribution in [0.3, 0.4) is 0 Å². The molecule has 1 aliphatic carbocycles. The molecule has 1 atom stereocenters. The van der Waals surface area contributed by atoms with Crippen LogP contribution in [0.4, 0.5) is 11.6 Å². The molecule has 264 valence electrons. The molecule has 16 nitrogen and oxygen atoms in total. The van der Waals surface area contributed by atoms with E-state index in [1.807, 2.05) is 23.9 Å². The molecule has 1 saturated carbocycles. The van der Waals surface area contributed by atoms with Crippen molar-refractivity contribution in [3.05, 3.63) is 42.4 Å². The van der Waals surface area contributed by atoms with Crippen LogP contribution in [-0.2, 0) is 14.2 Å². The van der Waals surface area contributed by atoms with E-state index >= 15 is 0 Å². The van der Waals surface area contributed by atoms with Gasteiger partial charge in [-0.1, -0.05) is 6.07 Å². The first-order valence-electron chi connectivity index (χ1n) is 16.7. The number of methoxy groups -OCH3 is 1. The molecule has 0 amide bonds. The number of nitriles is 1. The molecule has 5 rings (SSSR count). The van der Waals surface area contributed by atoms with Gasteiger partial charge in [0.1, 0.15) is 30.2 Å². The highest BCUT2D eigenvalue weighted by Gasteiger charge is 2.29. The first-order chi connectivity index (χ1) is 24.0. The quantitative estimate of drug-likeness (QED) is 0.0505. The van der Waals surface area contributed by atoms with Crippen molar-refractivity contribution in [2.24, 2.45) is 5.84 Å². The zero-order chi connectivity index (χ0) is 34.4. The van der Waals surface area contributed by atoms with Gasteiger partial charge in [0.05, 0.1) is 63.7 Å². The van der Waals surface area contributed by atoms with Crippen LogP contribution in [-0.4, -0.2) is 115 Å². The van der Waals surface area contributed by atoms with Crippen LogP contribution in [0.5, 0.6) is 11.6 Å². The van der Waals surface area contributed by atoms with Crippen molar-refractivity contribution < 1.29 is 23.7 Å². The van der Waals surface area contributed by atoms with E-state index < -0.39 is 0 Å². The zero-order valence-electron chi connectivity index (χ0n) is 28.2. The molecule has 1 aromatic carbocycles. The third-order valence-electron chi connectivity index (χ3n) is 8.64. The minimum atomic E-state index is -0.364. The van der Waals surface area contributed by atoms with Crippen LogP contribution in [0.2, 0.25) is 0 Å². The van der Waals surface area contributed by atoms with E-state index in [0.29, 0.717) is 67.8 Å². The van der Waals surface area contributed by atoms with Gasteiger partial charge >= 0.3 is 0 Å². The van der Waals surface area contributed by atoms with E-state index in [4.69, 9.17) is 40.0 Å². The largest absolute Gasteiger partial charge is 0.487 e. The molecule has 3 aromatic rings. The number of nitrogens with one attached hydrogen (secondary N) is 3. The van der Waals surface area contributed by atoms with Crippen LogP contribution in [0.25, 0.3) is 11.1 Å². The Bertz CT molecular complexity index is 1500. The molecule has 2 fully saturated rings. The number of morpholine rings is 1. The number of rotatable bonds is 18. The Morgan fingerprint density at radius 1 is 1.10 bits per heavy atom. The molecular formula is C33H47N11O5. The highest BCUT2D eigenvalue weighted by Crippen LogP contribution is 2.35. The van der Waals surface area contributed by atoms with Crippen LogP contribution >= 0.6 is 0 Å². The predicted octanol–water partition coefficient (Wildman–Crippen LogP) is 2.87. The van der Waals surface area contributed by atoms with Gasteiger partial charge in [-0.25, -0.2) is 9.97 Å². The predicted molar refractivity (Wildman–Crippen MR) is 182 cm³/mol. The normalized spacial score (nSPS) is 18.7. The molecule has 1 saturated heterocycles. The maximum absolute atomic E-state index is 9.64. The second kappa shape index (κ2) is 18.4. The standard InChI is InChI=1S/C33H47N11O5/c1-24(21-43(23-35)41-36)49-31-17-25(3-4-26(31)18-34)27-19-37-33(38-20-27)39-30-22-44(40-32(30)48-16-15-47-14-13-45-2)29-7-5-28(6-8-29)42-9-11-46-12-10-42/h3-4,17,19-20,22-24,28-29,35,41H,5-16,21,36H2,1-2H3,(H,37,38,39)/t24-,28-,29-/m0/s1. The number of ether oxygens (including phenoxy) is 5. The molecule has 0 radical (unpaired) electrons. The maximum atomic E-state index is 9.64. The van der Waals surface area contributed by atoms with Crippen LogP contribution in [0.15, 0.2) is 36.8 Å². The fourth-order valence-electron chi connectivity index (χ4n) is 6.05. The second-order valence-electron chi connectivity index (χ2n) is 12.0. The van der Waals surface area contributed by atoms with E-state index in [0.717, 1.165) is 69.5 Å². The van der Waals surface area contributed by atoms with Crippen molar-refractivity contribution >= 4 is 18.0 Å². The Balaban J connectivity index is 1.26. The number of anilines is 2. The topological polar surface area (TPSA) is 194 Å². The number of hydrazine groups is 2. The van der Waals surface area contributed by atoms with E-state index in [2.05, 4.69) is 31.8 Å². The van der Waals surface area contributed by atoms with Crippen LogP contribution < -0.4 is 26.2 Å². The summed E-state index contributed by atoms with van der Waals surface area (Å²) < 4.78 is 30.3. The molecule has 49 heavy (non-hydrogen) atoms. The maximum Gasteiger partial charge on any atom is 0.257 e. The Labute approximate surface area is 286 Å². The Hall–Kier alpha value is -4.37. The minimum absolute atomic E-state index is 0.270. The van der Waals surface area contributed by atoms with Gasteiger partial charge in [-0.2, -0.15) is 10.8 Å². The summed E-state index contributed by atoms with van der Waals surface area (Å²) in [6, 6.07) is 8.33. The average Bonchev–Trinajstić information content (AvgIpc) is 3.54. The lowest BCUT2D eigenvalue weighted by molar-refractivity contribution is 0.00501. The molecule has 1 aliphatic heterocycles. The lowest BCUT2D eigenvalue weighted by Crippen LogP contribution is -2.46. The SMILES string of the molecule is COCCOCCOc1nn([C@H]2CC[C@H](N3CCOCC3)CC2)cc1Nc1ncc(-c2ccc(C#N)c(O[C@@H](C)CN(C=N)NN)c2)cn1. The summed E-state index contributed by atoms with van der Waals surface area (Å²) in [5, 5.41) is 26.6. The summed E-state index contributed by atoms with van der Waals surface area (Å²) in [7, 11) is 1.64. The van der Waals surface area contributed by atoms with Crippen LogP contribution in [0.1, 0.15) is 44.2 Å². The molecule has 2 aliphatic rings. The zero-order valence-corrected chi connectivity index (χ0v) is 28.2. The van der Waals surface area contributed by atoms with Crippen molar-refractivity contribution in [3.63, 3.8) is 0 Å². The fraction of sp³-hybridized carbons (Fsp3) is 0.545. The van der Waals surface area contributed by atoms with Gasteiger partial charge in [0.25, 0.3) is 5.88 Å². The number of benzene rings is 1. The number of aromatic nitrogens is 4. The van der Waals surface area contributed by atoms with Crippen molar-refractivity contribution in [2.45, 2.75) is 50.8 Å². The summed E-state index contributed by atoms with van der Waals surface area (Å²) in [4.78, 5) is 11.7. The number of nitrogens with two attached hydrogens (primary N) is 1. The molecule has 5 N–H and O–H groups in total. The van der Waals surface area contributed by atoms with E-state index in [9.17, 15) is 5.26 Å². The highest BCUT2D eigenvalue weighted by atomic mass is 16.5. The minimum Gasteiger partial charge on any atom is -0.487 e. The van der Waals surface area contributed by atoms with Crippen molar-refractivity contribution in [1.29, 1.82) is 10.7 Å². The third-order valence-corrected chi connectivity index (χ3v) is 8.64. The lowest BCUT2D eigenvalue weighted by atomic mass is 9.90. The van der Waals surface area contributed by atoms with Crippen LogP contribution in [0, 0.1) is 16.7 Å². The highest BCUT2D eigenvalue weighted by molar-refractivity contribution is 5.67. The Morgan fingerprint density at radius 2 is 1.84 bits per heavy atom. The number of hydrogen-bond donors (Lipinski definition) is 4.